The van der Waals surface area contributed by atoms with E-state index in [9.17, 15) is 9.59 Å². The van der Waals surface area contributed by atoms with Gasteiger partial charge in [-0.2, -0.15) is 0 Å². The van der Waals surface area contributed by atoms with Gasteiger partial charge in [-0.3, -0.25) is 4.90 Å². The summed E-state index contributed by atoms with van der Waals surface area (Å²) in [6, 6.07) is 8.57. The minimum atomic E-state index is -0.425. The molecule has 2 heterocycles. The lowest BCUT2D eigenvalue weighted by Crippen LogP contribution is -2.46. The molecule has 7 heteroatoms. The van der Waals surface area contributed by atoms with Crippen LogP contribution in [0.5, 0.6) is 0 Å². The van der Waals surface area contributed by atoms with Crippen LogP contribution in [0.1, 0.15) is 41.5 Å². The van der Waals surface area contributed by atoms with Gasteiger partial charge in [0.2, 0.25) is 0 Å². The lowest BCUT2D eigenvalue weighted by atomic mass is 10.1. The van der Waals surface area contributed by atoms with Gasteiger partial charge in [-0.1, -0.05) is 6.07 Å². The number of anilines is 1. The maximum atomic E-state index is 12.7. The summed E-state index contributed by atoms with van der Waals surface area (Å²) < 4.78 is 5.73. The van der Waals surface area contributed by atoms with Crippen LogP contribution in [0, 0.1) is 5.92 Å². The Bertz CT molecular complexity index is 807. The normalized spacial score (nSPS) is 18.2. The summed E-state index contributed by atoms with van der Waals surface area (Å²) in [4.78, 5) is 34.8. The molecule has 1 N–H and O–H groups in total. The number of carbonyl (C=O) groups is 2. The maximum absolute atomic E-state index is 12.7. The van der Waals surface area contributed by atoms with Crippen molar-refractivity contribution in [3.63, 3.8) is 0 Å². The zero-order chi connectivity index (χ0) is 17.9. The number of ether oxygens (including phenoxy) is 1. The summed E-state index contributed by atoms with van der Waals surface area (Å²) >= 11 is 0. The molecule has 2 aliphatic rings. The monoisotopic (exact) mass is 352 g/mol. The highest BCUT2D eigenvalue weighted by Crippen LogP contribution is 2.42. The van der Waals surface area contributed by atoms with Crippen molar-refractivity contribution in [2.24, 2.45) is 5.92 Å². The fourth-order valence-electron chi connectivity index (χ4n) is 3.08. The third-order valence-electron chi connectivity index (χ3n) is 4.60. The van der Waals surface area contributed by atoms with E-state index in [1.807, 2.05) is 6.07 Å². The lowest BCUT2D eigenvalue weighted by molar-refractivity contribution is 0.0218. The summed E-state index contributed by atoms with van der Waals surface area (Å²) in [6.45, 7) is 1.31. The van der Waals surface area contributed by atoms with Crippen LogP contribution in [0.4, 0.5) is 10.5 Å². The van der Waals surface area contributed by atoms with Gasteiger partial charge in [0.15, 0.2) is 11.9 Å². The lowest BCUT2D eigenvalue weighted by Gasteiger charge is -2.27. The van der Waals surface area contributed by atoms with Crippen LogP contribution in [-0.4, -0.2) is 35.1 Å². The maximum Gasteiger partial charge on any atom is 0.338 e. The molecule has 2 fully saturated rings. The first-order valence-corrected chi connectivity index (χ1v) is 8.86. The van der Waals surface area contributed by atoms with Crippen LogP contribution in [0.15, 0.2) is 42.7 Å². The van der Waals surface area contributed by atoms with Gasteiger partial charge in [-0.15, -0.1) is 0 Å². The minimum Gasteiger partial charge on any atom is -0.450 e. The van der Waals surface area contributed by atoms with E-state index >= 15 is 0 Å². The Morgan fingerprint density at radius 2 is 2.04 bits per heavy atom. The Morgan fingerprint density at radius 1 is 1.23 bits per heavy atom. The first-order chi connectivity index (χ1) is 12.7. The first-order valence-electron chi connectivity index (χ1n) is 8.86. The number of nitrogens with one attached hydrogen (secondary N) is 1. The molecule has 0 bridgehead atoms. The zero-order valence-corrected chi connectivity index (χ0v) is 14.3. The molecule has 1 unspecified atom stereocenters. The largest absolute Gasteiger partial charge is 0.450 e. The second kappa shape index (κ2) is 7.11. The highest BCUT2D eigenvalue weighted by molar-refractivity contribution is 5.95. The minimum absolute atomic E-state index is 0.143. The first kappa shape index (κ1) is 16.5. The number of carbonyl (C=O) groups excluding carboxylic acids is 2. The molecule has 7 nitrogen and oxygen atoms in total. The average Bonchev–Trinajstić information content (AvgIpc) is 3.52. The topological polar surface area (TPSA) is 84.4 Å². The van der Waals surface area contributed by atoms with Crippen molar-refractivity contribution in [2.75, 3.05) is 18.0 Å². The predicted molar refractivity (Wildman–Crippen MR) is 94.7 cm³/mol. The van der Waals surface area contributed by atoms with Crippen molar-refractivity contribution in [3.8, 4) is 0 Å². The van der Waals surface area contributed by atoms with Gasteiger partial charge in [0.1, 0.15) is 0 Å². The van der Waals surface area contributed by atoms with E-state index in [-0.39, 0.29) is 11.9 Å². The van der Waals surface area contributed by atoms with Crippen LogP contribution in [0.2, 0.25) is 0 Å². The van der Waals surface area contributed by atoms with E-state index in [1.54, 1.807) is 41.6 Å². The Kier molecular flexibility index (Phi) is 4.51. The highest BCUT2D eigenvalue weighted by atomic mass is 16.5. The molecular formula is C19H20N4O3. The van der Waals surface area contributed by atoms with Gasteiger partial charge in [-0.25, -0.2) is 19.6 Å². The van der Waals surface area contributed by atoms with E-state index in [0.717, 1.165) is 19.3 Å². The Morgan fingerprint density at radius 3 is 2.77 bits per heavy atom. The second-order valence-electron chi connectivity index (χ2n) is 6.56. The van der Waals surface area contributed by atoms with Crippen molar-refractivity contribution in [1.82, 2.24) is 15.3 Å². The van der Waals surface area contributed by atoms with Gasteiger partial charge in [0.25, 0.3) is 0 Å². The fraction of sp³-hybridized carbons (Fsp3) is 0.368. The molecule has 2 aromatic rings. The molecule has 1 atom stereocenters. The average molecular weight is 352 g/mol. The molecule has 4 rings (SSSR count). The summed E-state index contributed by atoms with van der Waals surface area (Å²) in [7, 11) is 0. The quantitative estimate of drug-likeness (QED) is 0.837. The van der Waals surface area contributed by atoms with Crippen LogP contribution in [0.3, 0.4) is 0 Å². The fourth-order valence-corrected chi connectivity index (χ4v) is 3.08. The third kappa shape index (κ3) is 3.51. The SMILES string of the molecule is O=C(OC(c1ncccn1)C1CC1)c1cccc(N2CCCNC2=O)c1. The van der Waals surface area contributed by atoms with Crippen molar-refractivity contribution in [2.45, 2.75) is 25.4 Å². The zero-order valence-electron chi connectivity index (χ0n) is 14.3. The molecule has 0 radical (unpaired) electrons. The number of hydrogen-bond donors (Lipinski definition) is 1. The van der Waals surface area contributed by atoms with Gasteiger partial charge < -0.3 is 10.1 Å². The van der Waals surface area contributed by atoms with E-state index in [0.29, 0.717) is 30.2 Å². The summed E-state index contributed by atoms with van der Waals surface area (Å²) in [6.07, 6.45) is 5.76. The van der Waals surface area contributed by atoms with E-state index in [2.05, 4.69) is 15.3 Å². The van der Waals surface area contributed by atoms with Crippen molar-refractivity contribution >= 4 is 17.7 Å². The molecule has 1 aromatic heterocycles. The Hall–Kier alpha value is -2.96. The van der Waals surface area contributed by atoms with Crippen molar-refractivity contribution in [1.29, 1.82) is 0 Å². The van der Waals surface area contributed by atoms with Crippen LogP contribution >= 0.6 is 0 Å². The number of hydrogen-bond acceptors (Lipinski definition) is 5. The standard InChI is InChI=1S/C19H20N4O3/c24-18(26-16(13-6-7-13)17-20-8-2-9-21-17)14-4-1-5-15(12-14)23-11-3-10-22-19(23)25/h1-2,4-5,8-9,12-13,16H,3,6-7,10-11H2,(H,22,25). The van der Waals surface area contributed by atoms with Gasteiger partial charge in [0, 0.05) is 37.1 Å². The number of benzene rings is 1. The van der Waals surface area contributed by atoms with Crippen LogP contribution in [0.25, 0.3) is 0 Å². The van der Waals surface area contributed by atoms with Crippen LogP contribution in [-0.2, 0) is 4.74 Å². The Labute approximate surface area is 151 Å². The summed E-state index contributed by atoms with van der Waals surface area (Å²) in [5, 5.41) is 2.81. The summed E-state index contributed by atoms with van der Waals surface area (Å²) in [5.41, 5.74) is 1.11. The van der Waals surface area contributed by atoms with E-state index < -0.39 is 12.1 Å². The molecule has 1 aliphatic heterocycles. The summed E-state index contributed by atoms with van der Waals surface area (Å²) in [5.74, 6) is 0.390. The van der Waals surface area contributed by atoms with Crippen molar-refractivity contribution < 1.29 is 14.3 Å². The molecule has 1 aliphatic carbocycles. The van der Waals surface area contributed by atoms with Crippen LogP contribution < -0.4 is 10.2 Å². The van der Waals surface area contributed by atoms with E-state index in [1.165, 1.54) is 0 Å². The molecule has 1 saturated carbocycles. The number of aromatic nitrogens is 2. The second-order valence-corrected chi connectivity index (χ2v) is 6.56. The molecule has 1 saturated heterocycles. The van der Waals surface area contributed by atoms with E-state index in [4.69, 9.17) is 4.74 Å². The molecule has 2 amide bonds. The third-order valence-corrected chi connectivity index (χ3v) is 4.60. The molecule has 0 spiro atoms. The Balaban J connectivity index is 1.52. The van der Waals surface area contributed by atoms with Gasteiger partial charge >= 0.3 is 12.0 Å². The molecule has 26 heavy (non-hydrogen) atoms. The van der Waals surface area contributed by atoms with Gasteiger partial charge in [-0.05, 0) is 43.5 Å². The highest BCUT2D eigenvalue weighted by Gasteiger charge is 2.37. The number of amides is 2. The van der Waals surface area contributed by atoms with Crippen molar-refractivity contribution in [3.05, 3.63) is 54.1 Å². The smallest absolute Gasteiger partial charge is 0.338 e. The molecule has 134 valence electrons. The molecule has 1 aromatic carbocycles. The number of esters is 1. The number of rotatable bonds is 5. The number of urea groups is 1. The number of nitrogens with zero attached hydrogens (tertiary/aromatic N) is 3. The van der Waals surface area contributed by atoms with Gasteiger partial charge in [0.05, 0.1) is 5.56 Å². The predicted octanol–water partition coefficient (Wildman–Crippen LogP) is 2.70. The molecular weight excluding hydrogens is 332 g/mol.